The number of aromatic amines is 1. The lowest BCUT2D eigenvalue weighted by Crippen LogP contribution is -2.54. The van der Waals surface area contributed by atoms with E-state index in [2.05, 4.69) is 32.7 Å². The van der Waals surface area contributed by atoms with Gasteiger partial charge in [-0.2, -0.15) is 5.10 Å². The molecule has 1 saturated heterocycles. The summed E-state index contributed by atoms with van der Waals surface area (Å²) in [5.74, 6) is 6.17. The number of carbonyl (C=O) groups excluding carboxylic acids is 3. The number of aromatic nitrogens is 3. The van der Waals surface area contributed by atoms with Crippen LogP contribution in [0.15, 0.2) is 40.7 Å². The summed E-state index contributed by atoms with van der Waals surface area (Å²) in [6.45, 7) is 3.88. The number of H-pyrrole nitrogens is 1. The number of methoxy groups -OCH3 is 1. The second kappa shape index (κ2) is 8.57. The van der Waals surface area contributed by atoms with Crippen LogP contribution in [-0.4, -0.2) is 56.7 Å². The summed E-state index contributed by atoms with van der Waals surface area (Å²) in [6, 6.07) is 4.58. The van der Waals surface area contributed by atoms with E-state index in [-0.39, 0.29) is 30.6 Å². The van der Waals surface area contributed by atoms with E-state index >= 15 is 0 Å². The molecule has 2 aliphatic heterocycles. The van der Waals surface area contributed by atoms with E-state index in [0.717, 1.165) is 16.8 Å². The molecule has 3 aliphatic rings. The van der Waals surface area contributed by atoms with Crippen molar-refractivity contribution >= 4 is 23.5 Å². The predicted molar refractivity (Wildman–Crippen MR) is 129 cm³/mol. The molecule has 3 N–H and O–H groups in total. The van der Waals surface area contributed by atoms with Crippen molar-refractivity contribution in [2.24, 2.45) is 5.92 Å². The molecular weight excluding hydrogens is 464 g/mol. The molecule has 5 rings (SSSR count). The van der Waals surface area contributed by atoms with Crippen LogP contribution in [-0.2, 0) is 11.3 Å². The third-order valence-electron chi connectivity index (χ3n) is 6.59. The molecular formula is C25H24N6O5. The van der Waals surface area contributed by atoms with Crippen LogP contribution >= 0.6 is 0 Å². The van der Waals surface area contributed by atoms with Crippen LogP contribution in [0.25, 0.3) is 5.70 Å². The van der Waals surface area contributed by atoms with Gasteiger partial charge in [0.2, 0.25) is 5.54 Å². The average Bonchev–Trinajstić information content (AvgIpc) is 3.45. The second-order valence-corrected chi connectivity index (χ2v) is 9.05. The van der Waals surface area contributed by atoms with Gasteiger partial charge in [-0.05, 0) is 43.2 Å². The molecule has 11 nitrogen and oxygen atoms in total. The Morgan fingerprint density at radius 3 is 2.67 bits per heavy atom. The Balaban J connectivity index is 1.43. The van der Waals surface area contributed by atoms with E-state index in [1.807, 2.05) is 13.0 Å². The van der Waals surface area contributed by atoms with Gasteiger partial charge in [-0.25, -0.2) is 14.7 Å². The average molecular weight is 489 g/mol. The van der Waals surface area contributed by atoms with Gasteiger partial charge in [0, 0.05) is 29.3 Å². The van der Waals surface area contributed by atoms with Gasteiger partial charge in [0.1, 0.15) is 11.6 Å². The topological polar surface area (TPSA) is 138 Å². The molecule has 2 aromatic rings. The Morgan fingerprint density at radius 2 is 2.03 bits per heavy atom. The zero-order valence-corrected chi connectivity index (χ0v) is 20.0. The van der Waals surface area contributed by atoms with Crippen LogP contribution in [0.2, 0.25) is 0 Å². The van der Waals surface area contributed by atoms with Gasteiger partial charge in [0.25, 0.3) is 11.8 Å². The molecule has 184 valence electrons. The fraction of sp³-hybridized carbons (Fsp3) is 0.320. The molecule has 4 amide bonds. The zero-order valence-electron chi connectivity index (χ0n) is 20.0. The maximum atomic E-state index is 13.1. The number of carbonyl (C=O) groups is 3. The predicted octanol–water partition coefficient (Wildman–Crippen LogP) is 0.933. The van der Waals surface area contributed by atoms with E-state index in [4.69, 9.17) is 4.74 Å². The first-order chi connectivity index (χ1) is 17.2. The molecule has 0 saturated carbocycles. The molecule has 36 heavy (non-hydrogen) atoms. The number of nitrogens with zero attached hydrogens (tertiary/aromatic N) is 3. The van der Waals surface area contributed by atoms with Crippen molar-refractivity contribution in [3.63, 3.8) is 0 Å². The first kappa shape index (κ1) is 23.2. The summed E-state index contributed by atoms with van der Waals surface area (Å²) >= 11 is 0. The Morgan fingerprint density at radius 1 is 1.22 bits per heavy atom. The van der Waals surface area contributed by atoms with Gasteiger partial charge in [0.05, 0.1) is 13.7 Å². The maximum Gasteiger partial charge on any atom is 0.347 e. The highest BCUT2D eigenvalue weighted by atomic mass is 16.5. The van der Waals surface area contributed by atoms with Gasteiger partial charge in [-0.15, -0.1) is 0 Å². The van der Waals surface area contributed by atoms with Crippen molar-refractivity contribution in [1.29, 1.82) is 0 Å². The normalized spacial score (nSPS) is 22.8. The van der Waals surface area contributed by atoms with Gasteiger partial charge in [-0.1, -0.05) is 24.8 Å². The number of fused-ring (bicyclic) bond motifs is 1. The van der Waals surface area contributed by atoms with Crippen LogP contribution in [0.1, 0.15) is 35.1 Å². The first-order valence-electron chi connectivity index (χ1n) is 11.4. The molecule has 0 spiro atoms. The monoisotopic (exact) mass is 488 g/mol. The lowest BCUT2D eigenvalue weighted by Gasteiger charge is -2.26. The minimum absolute atomic E-state index is 0.0408. The summed E-state index contributed by atoms with van der Waals surface area (Å²) in [5.41, 5.74) is 0.911. The van der Waals surface area contributed by atoms with Crippen molar-refractivity contribution in [3.8, 4) is 17.6 Å². The van der Waals surface area contributed by atoms with Crippen LogP contribution < -0.4 is 21.1 Å². The number of imide groups is 1. The third kappa shape index (κ3) is 3.86. The maximum absolute atomic E-state index is 13.1. The van der Waals surface area contributed by atoms with E-state index in [9.17, 15) is 19.2 Å². The summed E-state index contributed by atoms with van der Waals surface area (Å²) in [5, 5.41) is 11.2. The minimum atomic E-state index is -1.59. The molecule has 0 radical (unpaired) electrons. The smallest absolute Gasteiger partial charge is 0.347 e. The lowest BCUT2D eigenvalue weighted by molar-refractivity contribution is -0.122. The molecule has 11 heteroatoms. The number of aryl methyl sites for hydroxylation is 1. The number of amides is 4. The summed E-state index contributed by atoms with van der Waals surface area (Å²) in [7, 11) is 1.52. The number of nitrogens with one attached hydrogen (secondary N) is 3. The second-order valence-electron chi connectivity index (χ2n) is 9.05. The van der Waals surface area contributed by atoms with E-state index in [0.29, 0.717) is 23.6 Å². The molecule has 1 aromatic heterocycles. The molecule has 3 heterocycles. The third-order valence-corrected chi connectivity index (χ3v) is 6.59. The van der Waals surface area contributed by atoms with Crippen LogP contribution in [0.3, 0.4) is 0 Å². The molecule has 1 fully saturated rings. The quantitative estimate of drug-likeness (QED) is 0.432. The molecule has 1 aliphatic carbocycles. The molecule has 2 atom stereocenters. The lowest BCUT2D eigenvalue weighted by atomic mass is 9.91. The first-order valence-corrected chi connectivity index (χ1v) is 11.4. The number of ether oxygens (including phenoxy) is 1. The SMILES string of the molecule is COc1ccc2c(c1)C(=O)N(CC1(C#CC3=CC=C(n4c(C)n[nH]c4=O)C(C)C3)NC(=O)NC1=O)C2. The van der Waals surface area contributed by atoms with Crippen LogP contribution in [0.4, 0.5) is 4.79 Å². The number of hydrogen-bond acceptors (Lipinski definition) is 6. The largest absolute Gasteiger partial charge is 0.497 e. The van der Waals surface area contributed by atoms with E-state index < -0.39 is 17.5 Å². The molecule has 2 unspecified atom stereocenters. The van der Waals surface area contributed by atoms with Crippen molar-refractivity contribution in [1.82, 2.24) is 30.3 Å². The van der Waals surface area contributed by atoms with Crippen LogP contribution in [0.5, 0.6) is 5.75 Å². The minimum Gasteiger partial charge on any atom is -0.497 e. The van der Waals surface area contributed by atoms with Gasteiger partial charge >= 0.3 is 11.7 Å². The highest BCUT2D eigenvalue weighted by Gasteiger charge is 2.48. The molecule has 1 aromatic carbocycles. The summed E-state index contributed by atoms with van der Waals surface area (Å²) in [4.78, 5) is 51.6. The standard InChI is InChI=1S/C25H24N6O5/c1-14-10-16(4-7-20(14)31-15(2)28-29-24(31)35)8-9-25(22(33)26-23(34)27-25)13-30-12-17-5-6-18(36-3)11-19(17)21(30)32/h4-7,11,14H,10,12-13H2,1-3H3,(H,29,35)(H2,26,27,33,34). The Kier molecular flexibility index (Phi) is 5.51. The van der Waals surface area contributed by atoms with Crippen molar-refractivity contribution in [2.45, 2.75) is 32.4 Å². The highest BCUT2D eigenvalue weighted by Crippen LogP contribution is 2.30. The fourth-order valence-corrected chi connectivity index (χ4v) is 4.72. The zero-order chi connectivity index (χ0) is 25.6. The van der Waals surface area contributed by atoms with Gasteiger partial charge in [0.15, 0.2) is 0 Å². The number of rotatable bonds is 4. The van der Waals surface area contributed by atoms with Crippen molar-refractivity contribution in [3.05, 3.63) is 63.4 Å². The van der Waals surface area contributed by atoms with E-state index in [1.54, 1.807) is 31.2 Å². The summed E-state index contributed by atoms with van der Waals surface area (Å²) in [6.07, 6.45) is 4.11. The van der Waals surface area contributed by atoms with Crippen molar-refractivity contribution in [2.75, 3.05) is 13.7 Å². The number of benzene rings is 1. The Labute approximate surface area is 206 Å². The van der Waals surface area contributed by atoms with Crippen molar-refractivity contribution < 1.29 is 19.1 Å². The van der Waals surface area contributed by atoms with Crippen LogP contribution in [0, 0.1) is 24.7 Å². The fourth-order valence-electron chi connectivity index (χ4n) is 4.72. The van der Waals surface area contributed by atoms with Gasteiger partial charge in [-0.3, -0.25) is 19.5 Å². The highest BCUT2D eigenvalue weighted by molar-refractivity contribution is 6.10. The summed E-state index contributed by atoms with van der Waals surface area (Å²) < 4.78 is 6.73. The molecule has 0 bridgehead atoms. The van der Waals surface area contributed by atoms with Gasteiger partial charge < -0.3 is 15.0 Å². The number of allylic oxidation sites excluding steroid dienone is 4. The Hall–Kier alpha value is -4.59. The number of hydrogen-bond donors (Lipinski definition) is 3. The number of urea groups is 1. The Bertz CT molecular complexity index is 1490. The van der Waals surface area contributed by atoms with E-state index in [1.165, 1.54) is 16.6 Å².